The molecule has 0 saturated heterocycles. The molecule has 0 atom stereocenters. The fourth-order valence-electron chi connectivity index (χ4n) is 1.03. The van der Waals surface area contributed by atoms with E-state index in [1.807, 2.05) is 6.21 Å². The lowest BCUT2D eigenvalue weighted by Crippen LogP contribution is -1.82. The van der Waals surface area contributed by atoms with E-state index in [-0.39, 0.29) is 0 Å². The summed E-state index contributed by atoms with van der Waals surface area (Å²) in [7, 11) is 0. The van der Waals surface area contributed by atoms with Crippen LogP contribution in [0.1, 0.15) is 52.4 Å². The Kier molecular flexibility index (Phi) is 10.6. The van der Waals surface area contributed by atoms with Gasteiger partial charge in [0.05, 0.1) is 0 Å². The van der Waals surface area contributed by atoms with E-state index in [1.165, 1.54) is 25.7 Å². The summed E-state index contributed by atoms with van der Waals surface area (Å²) in [4.78, 5) is 4.29. The lowest BCUT2D eigenvalue weighted by molar-refractivity contribution is 0.675. The maximum absolute atomic E-state index is 4.29. The minimum atomic E-state index is 0.821. The van der Waals surface area contributed by atoms with Crippen molar-refractivity contribution in [1.82, 2.24) is 0 Å². The normalized spacial score (nSPS) is 10.0. The summed E-state index contributed by atoms with van der Waals surface area (Å²) in [5, 5.41) is 0. The highest BCUT2D eigenvalue weighted by atomic mass is 14.7. The molecule has 0 radical (unpaired) electrons. The van der Waals surface area contributed by atoms with Gasteiger partial charge >= 0.3 is 0 Å². The highest BCUT2D eigenvalue weighted by molar-refractivity contribution is 5.60. The largest absolute Gasteiger partial charge is 0.297 e. The summed E-state index contributed by atoms with van der Waals surface area (Å²) in [6, 6.07) is 0. The van der Waals surface area contributed by atoms with Crippen molar-refractivity contribution in [2.75, 3.05) is 6.54 Å². The van der Waals surface area contributed by atoms with Crippen molar-refractivity contribution >= 4 is 6.21 Å². The van der Waals surface area contributed by atoms with Crippen LogP contribution in [-0.2, 0) is 0 Å². The molecule has 0 aromatic rings. The van der Waals surface area contributed by atoms with E-state index in [2.05, 4.69) is 30.7 Å². The molecule has 0 heterocycles. The Balaban J connectivity index is 3.12. The van der Waals surface area contributed by atoms with Crippen LogP contribution in [0.15, 0.2) is 4.99 Å². The predicted molar refractivity (Wildman–Crippen MR) is 60.2 cm³/mol. The minimum absolute atomic E-state index is 0.821. The summed E-state index contributed by atoms with van der Waals surface area (Å²) >= 11 is 0. The van der Waals surface area contributed by atoms with Gasteiger partial charge in [-0.1, -0.05) is 39.0 Å². The van der Waals surface area contributed by atoms with Crippen LogP contribution in [0, 0.1) is 11.8 Å². The Morgan fingerprint density at radius 2 is 1.92 bits per heavy atom. The number of aliphatic imine (C=N–C) groups is 1. The Bertz CT molecular complexity index is 171. The van der Waals surface area contributed by atoms with Crippen molar-refractivity contribution < 1.29 is 0 Å². The highest BCUT2D eigenvalue weighted by Crippen LogP contribution is 1.98. The number of rotatable bonds is 6. The summed E-state index contributed by atoms with van der Waals surface area (Å²) in [5.41, 5.74) is 0. The van der Waals surface area contributed by atoms with Gasteiger partial charge in [0.25, 0.3) is 0 Å². The zero-order valence-electron chi connectivity index (χ0n) is 8.97. The Morgan fingerprint density at radius 1 is 1.08 bits per heavy atom. The molecule has 0 fully saturated rings. The van der Waals surface area contributed by atoms with Crippen LogP contribution in [0.25, 0.3) is 0 Å². The quantitative estimate of drug-likeness (QED) is 0.336. The van der Waals surface area contributed by atoms with E-state index in [4.69, 9.17) is 0 Å². The van der Waals surface area contributed by atoms with Gasteiger partial charge in [-0.2, -0.15) is 0 Å². The van der Waals surface area contributed by atoms with Crippen molar-refractivity contribution in [3.63, 3.8) is 0 Å². The topological polar surface area (TPSA) is 12.4 Å². The van der Waals surface area contributed by atoms with Crippen LogP contribution in [0.4, 0.5) is 0 Å². The molecule has 0 bridgehead atoms. The third kappa shape index (κ3) is 11.2. The SMILES string of the molecule is CCC#CCC=NCCCCCC. The van der Waals surface area contributed by atoms with Crippen LogP contribution in [0.2, 0.25) is 0 Å². The Labute approximate surface area is 82.6 Å². The molecule has 1 heteroatoms. The van der Waals surface area contributed by atoms with Gasteiger partial charge in [-0.3, -0.25) is 4.99 Å². The fourth-order valence-corrected chi connectivity index (χ4v) is 1.03. The van der Waals surface area contributed by atoms with Gasteiger partial charge in [0.1, 0.15) is 0 Å². The first-order valence-electron chi connectivity index (χ1n) is 5.35. The third-order valence-electron chi connectivity index (χ3n) is 1.76. The van der Waals surface area contributed by atoms with Crippen molar-refractivity contribution in [3.05, 3.63) is 0 Å². The molecule has 0 aliphatic carbocycles. The molecule has 74 valence electrons. The monoisotopic (exact) mass is 179 g/mol. The molecule has 0 N–H and O–H groups in total. The van der Waals surface area contributed by atoms with E-state index in [0.717, 1.165) is 19.4 Å². The molecule has 0 unspecified atom stereocenters. The highest BCUT2D eigenvalue weighted by Gasteiger charge is 1.83. The standard InChI is InChI=1S/C12H21N/c1-3-5-7-9-11-13-12-10-8-6-4-2/h12H,3-5,7,9-11H2,1-2H3. The molecule has 0 rings (SSSR count). The molecule has 0 spiro atoms. The second-order valence-corrected chi connectivity index (χ2v) is 3.06. The smallest absolute Gasteiger partial charge is 0.0439 e. The second kappa shape index (κ2) is 11.2. The first-order chi connectivity index (χ1) is 6.41. The van der Waals surface area contributed by atoms with Gasteiger partial charge in [0.15, 0.2) is 0 Å². The molecular weight excluding hydrogens is 158 g/mol. The molecule has 0 saturated carbocycles. The van der Waals surface area contributed by atoms with Crippen LogP contribution in [0.3, 0.4) is 0 Å². The third-order valence-corrected chi connectivity index (χ3v) is 1.76. The average molecular weight is 179 g/mol. The first-order valence-corrected chi connectivity index (χ1v) is 5.35. The minimum Gasteiger partial charge on any atom is -0.297 e. The molecule has 0 aliphatic rings. The van der Waals surface area contributed by atoms with E-state index < -0.39 is 0 Å². The van der Waals surface area contributed by atoms with E-state index >= 15 is 0 Å². The van der Waals surface area contributed by atoms with Crippen molar-refractivity contribution in [1.29, 1.82) is 0 Å². The Morgan fingerprint density at radius 3 is 2.62 bits per heavy atom. The van der Waals surface area contributed by atoms with Crippen LogP contribution < -0.4 is 0 Å². The maximum atomic E-state index is 4.29. The first kappa shape index (κ1) is 12.2. The van der Waals surface area contributed by atoms with Gasteiger partial charge < -0.3 is 0 Å². The zero-order valence-corrected chi connectivity index (χ0v) is 8.97. The van der Waals surface area contributed by atoms with Crippen LogP contribution in [0.5, 0.6) is 0 Å². The number of hydrogen-bond donors (Lipinski definition) is 0. The molecule has 13 heavy (non-hydrogen) atoms. The molecule has 0 aromatic carbocycles. The van der Waals surface area contributed by atoms with Crippen LogP contribution >= 0.6 is 0 Å². The van der Waals surface area contributed by atoms with Crippen LogP contribution in [-0.4, -0.2) is 12.8 Å². The number of nitrogens with zero attached hydrogens (tertiary/aromatic N) is 1. The average Bonchev–Trinajstić information content (AvgIpc) is 2.16. The Hall–Kier alpha value is -0.770. The molecule has 0 aliphatic heterocycles. The summed E-state index contributed by atoms with van der Waals surface area (Å²) < 4.78 is 0. The van der Waals surface area contributed by atoms with Crippen molar-refractivity contribution in [3.8, 4) is 11.8 Å². The predicted octanol–water partition coefficient (Wildman–Crippen LogP) is 3.44. The lowest BCUT2D eigenvalue weighted by Gasteiger charge is -1.93. The van der Waals surface area contributed by atoms with Crippen molar-refractivity contribution in [2.45, 2.75) is 52.4 Å². The summed E-state index contributed by atoms with van der Waals surface area (Å²) in [6.07, 6.45) is 8.89. The molecule has 0 aromatic heterocycles. The second-order valence-electron chi connectivity index (χ2n) is 3.06. The summed E-state index contributed by atoms with van der Waals surface area (Å²) in [6.45, 7) is 5.27. The number of unbranched alkanes of at least 4 members (excludes halogenated alkanes) is 3. The van der Waals surface area contributed by atoms with Gasteiger partial charge in [-0.25, -0.2) is 0 Å². The fraction of sp³-hybridized carbons (Fsp3) is 0.750. The van der Waals surface area contributed by atoms with Gasteiger partial charge in [0, 0.05) is 25.6 Å². The van der Waals surface area contributed by atoms with E-state index in [1.54, 1.807) is 0 Å². The molecule has 0 amide bonds. The number of hydrogen-bond acceptors (Lipinski definition) is 1. The lowest BCUT2D eigenvalue weighted by atomic mass is 10.2. The zero-order chi connectivity index (χ0) is 9.78. The summed E-state index contributed by atoms with van der Waals surface area (Å²) in [5.74, 6) is 6.06. The maximum Gasteiger partial charge on any atom is 0.0439 e. The van der Waals surface area contributed by atoms with Gasteiger partial charge in [-0.15, -0.1) is 5.92 Å². The van der Waals surface area contributed by atoms with E-state index in [0.29, 0.717) is 0 Å². The molecular formula is C12H21N. The van der Waals surface area contributed by atoms with Gasteiger partial charge in [-0.05, 0) is 6.42 Å². The molecule has 1 nitrogen and oxygen atoms in total. The van der Waals surface area contributed by atoms with Gasteiger partial charge in [0.2, 0.25) is 0 Å². The van der Waals surface area contributed by atoms with E-state index in [9.17, 15) is 0 Å². The van der Waals surface area contributed by atoms with Crippen molar-refractivity contribution in [2.24, 2.45) is 4.99 Å².